The molecule has 0 amide bonds. The molecular formula is C18H16N4O3S. The lowest BCUT2D eigenvalue weighted by molar-refractivity contribution is 0.355. The standard InChI is InChI=1S/C18H16N4O3S/c1-24-13-4-3-11(6-14(13)25-2)12-9-26-18-16(12)17(23)21-15(22-18)5-10-7-19-20-8-10/h3-4,6-9H,5H2,1-2H3,(H,19,20)(H,21,22,23). The maximum absolute atomic E-state index is 12.7. The number of fused-ring (bicyclic) bond motifs is 1. The molecule has 4 rings (SSSR count). The highest BCUT2D eigenvalue weighted by atomic mass is 32.1. The third-order valence-corrected chi connectivity index (χ3v) is 4.99. The highest BCUT2D eigenvalue weighted by Crippen LogP contribution is 2.36. The van der Waals surface area contributed by atoms with E-state index < -0.39 is 0 Å². The van der Waals surface area contributed by atoms with Gasteiger partial charge in [-0.15, -0.1) is 11.3 Å². The lowest BCUT2D eigenvalue weighted by Gasteiger charge is -2.09. The largest absolute Gasteiger partial charge is 0.493 e. The minimum Gasteiger partial charge on any atom is -0.493 e. The molecule has 3 heterocycles. The summed E-state index contributed by atoms with van der Waals surface area (Å²) in [5, 5.41) is 9.19. The Morgan fingerprint density at radius 2 is 2.04 bits per heavy atom. The number of nitrogens with zero attached hydrogens (tertiary/aromatic N) is 2. The van der Waals surface area contributed by atoms with Crippen LogP contribution in [0.5, 0.6) is 11.5 Å². The highest BCUT2D eigenvalue weighted by molar-refractivity contribution is 7.17. The van der Waals surface area contributed by atoms with E-state index in [1.165, 1.54) is 11.3 Å². The van der Waals surface area contributed by atoms with Crippen molar-refractivity contribution in [2.24, 2.45) is 0 Å². The molecule has 0 spiro atoms. The van der Waals surface area contributed by atoms with Gasteiger partial charge in [0.05, 0.1) is 25.8 Å². The number of thiophene rings is 1. The summed E-state index contributed by atoms with van der Waals surface area (Å²) in [6, 6.07) is 5.59. The van der Waals surface area contributed by atoms with Gasteiger partial charge in [0.2, 0.25) is 0 Å². The van der Waals surface area contributed by atoms with E-state index in [2.05, 4.69) is 20.2 Å². The van der Waals surface area contributed by atoms with Gasteiger partial charge >= 0.3 is 0 Å². The molecule has 0 atom stereocenters. The molecule has 0 unspecified atom stereocenters. The smallest absolute Gasteiger partial charge is 0.260 e. The van der Waals surface area contributed by atoms with E-state index in [0.29, 0.717) is 34.0 Å². The zero-order chi connectivity index (χ0) is 18.1. The summed E-state index contributed by atoms with van der Waals surface area (Å²) >= 11 is 1.45. The van der Waals surface area contributed by atoms with E-state index in [1.54, 1.807) is 26.6 Å². The van der Waals surface area contributed by atoms with E-state index >= 15 is 0 Å². The number of aromatic amines is 2. The molecule has 26 heavy (non-hydrogen) atoms. The van der Waals surface area contributed by atoms with Crippen LogP contribution >= 0.6 is 11.3 Å². The van der Waals surface area contributed by atoms with Crippen molar-refractivity contribution in [1.29, 1.82) is 0 Å². The zero-order valence-corrected chi connectivity index (χ0v) is 15.0. The van der Waals surface area contributed by atoms with Crippen LogP contribution in [0.1, 0.15) is 11.4 Å². The van der Waals surface area contributed by atoms with Crippen LogP contribution in [0.15, 0.2) is 40.8 Å². The van der Waals surface area contributed by atoms with Gasteiger partial charge in [0.25, 0.3) is 5.56 Å². The first-order valence-corrected chi connectivity index (χ1v) is 8.78. The number of ether oxygens (including phenoxy) is 2. The average Bonchev–Trinajstić information content (AvgIpc) is 3.31. The molecular weight excluding hydrogens is 352 g/mol. The Kier molecular flexibility index (Phi) is 4.18. The Hall–Kier alpha value is -3.13. The second-order valence-electron chi connectivity index (χ2n) is 5.70. The fourth-order valence-electron chi connectivity index (χ4n) is 2.86. The van der Waals surface area contributed by atoms with Crippen molar-refractivity contribution in [2.75, 3.05) is 14.2 Å². The minimum atomic E-state index is -0.153. The quantitative estimate of drug-likeness (QED) is 0.565. The molecule has 0 bridgehead atoms. The first-order chi connectivity index (χ1) is 12.7. The summed E-state index contributed by atoms with van der Waals surface area (Å²) in [5.41, 5.74) is 2.52. The molecule has 1 aromatic carbocycles. The number of H-pyrrole nitrogens is 2. The molecule has 0 saturated heterocycles. The van der Waals surface area contributed by atoms with Crippen LogP contribution in [0, 0.1) is 0 Å². The fourth-order valence-corrected chi connectivity index (χ4v) is 3.83. The predicted octanol–water partition coefficient (Wildman–Crippen LogP) is 2.98. The second-order valence-corrected chi connectivity index (χ2v) is 6.55. The number of rotatable bonds is 5. The lowest BCUT2D eigenvalue weighted by atomic mass is 10.1. The third kappa shape index (κ3) is 2.84. The van der Waals surface area contributed by atoms with Crippen LogP contribution in [0.25, 0.3) is 21.3 Å². The number of hydrogen-bond donors (Lipinski definition) is 2. The Bertz CT molecular complexity index is 1120. The van der Waals surface area contributed by atoms with Crippen LogP contribution in [0.2, 0.25) is 0 Å². The second kappa shape index (κ2) is 6.64. The number of aromatic nitrogens is 4. The summed E-state index contributed by atoms with van der Waals surface area (Å²) in [6.07, 6.45) is 4.02. The van der Waals surface area contributed by atoms with Crippen molar-refractivity contribution in [2.45, 2.75) is 6.42 Å². The van der Waals surface area contributed by atoms with Crippen LogP contribution in [-0.4, -0.2) is 34.4 Å². The van der Waals surface area contributed by atoms with E-state index in [0.717, 1.165) is 16.7 Å². The first kappa shape index (κ1) is 16.3. The summed E-state index contributed by atoms with van der Waals surface area (Å²) in [4.78, 5) is 20.9. The maximum atomic E-state index is 12.7. The monoisotopic (exact) mass is 368 g/mol. The van der Waals surface area contributed by atoms with Crippen LogP contribution in [0.3, 0.4) is 0 Å². The zero-order valence-electron chi connectivity index (χ0n) is 14.2. The lowest BCUT2D eigenvalue weighted by Crippen LogP contribution is -2.11. The molecule has 0 aliphatic rings. The molecule has 0 radical (unpaired) electrons. The van der Waals surface area contributed by atoms with Crippen LogP contribution < -0.4 is 15.0 Å². The molecule has 0 saturated carbocycles. The summed E-state index contributed by atoms with van der Waals surface area (Å²) < 4.78 is 10.6. The van der Waals surface area contributed by atoms with Gasteiger partial charge in [-0.3, -0.25) is 9.89 Å². The third-order valence-electron chi connectivity index (χ3n) is 4.11. The predicted molar refractivity (Wildman–Crippen MR) is 100 cm³/mol. The van der Waals surface area contributed by atoms with Gasteiger partial charge in [-0.1, -0.05) is 6.07 Å². The van der Waals surface area contributed by atoms with Crippen molar-refractivity contribution in [3.63, 3.8) is 0 Å². The van der Waals surface area contributed by atoms with Crippen LogP contribution in [-0.2, 0) is 6.42 Å². The minimum absolute atomic E-state index is 0.153. The number of benzene rings is 1. The number of methoxy groups -OCH3 is 2. The molecule has 0 aliphatic carbocycles. The highest BCUT2D eigenvalue weighted by Gasteiger charge is 2.15. The van der Waals surface area contributed by atoms with Crippen molar-refractivity contribution >= 4 is 21.6 Å². The summed E-state index contributed by atoms with van der Waals surface area (Å²) in [7, 11) is 3.18. The van der Waals surface area contributed by atoms with Crippen LogP contribution in [0.4, 0.5) is 0 Å². The van der Waals surface area contributed by atoms with Crippen molar-refractivity contribution in [3.8, 4) is 22.6 Å². The normalized spacial score (nSPS) is 11.0. The Morgan fingerprint density at radius 1 is 1.19 bits per heavy atom. The Labute approximate surface area is 152 Å². The van der Waals surface area contributed by atoms with Gasteiger partial charge in [0, 0.05) is 23.6 Å². The molecule has 7 nitrogen and oxygen atoms in total. The van der Waals surface area contributed by atoms with Crippen molar-refractivity contribution in [1.82, 2.24) is 20.2 Å². The SMILES string of the molecule is COc1ccc(-c2csc3nc(Cc4cn[nH]c4)[nH]c(=O)c23)cc1OC. The van der Waals surface area contributed by atoms with Gasteiger partial charge in [-0.2, -0.15) is 5.10 Å². The Balaban J connectivity index is 1.79. The van der Waals surface area contributed by atoms with E-state index in [4.69, 9.17) is 9.47 Å². The average molecular weight is 368 g/mol. The number of hydrogen-bond acceptors (Lipinski definition) is 6. The molecule has 2 N–H and O–H groups in total. The molecule has 4 aromatic rings. The van der Waals surface area contributed by atoms with Crippen molar-refractivity contribution < 1.29 is 9.47 Å². The van der Waals surface area contributed by atoms with Gasteiger partial charge in [0.15, 0.2) is 11.5 Å². The maximum Gasteiger partial charge on any atom is 0.260 e. The van der Waals surface area contributed by atoms with Gasteiger partial charge in [-0.05, 0) is 23.3 Å². The fraction of sp³-hybridized carbons (Fsp3) is 0.167. The Morgan fingerprint density at radius 3 is 2.77 bits per heavy atom. The van der Waals surface area contributed by atoms with Gasteiger partial charge in [-0.25, -0.2) is 4.98 Å². The van der Waals surface area contributed by atoms with E-state index in [9.17, 15) is 4.79 Å². The van der Waals surface area contributed by atoms with Gasteiger partial charge < -0.3 is 14.5 Å². The first-order valence-electron chi connectivity index (χ1n) is 7.90. The molecule has 0 fully saturated rings. The molecule has 132 valence electrons. The van der Waals surface area contributed by atoms with Crippen molar-refractivity contribution in [3.05, 3.63) is 57.7 Å². The van der Waals surface area contributed by atoms with Gasteiger partial charge in [0.1, 0.15) is 10.7 Å². The molecule has 8 heteroatoms. The molecule has 0 aliphatic heterocycles. The van der Waals surface area contributed by atoms with E-state index in [1.807, 2.05) is 23.6 Å². The summed E-state index contributed by atoms with van der Waals surface area (Å²) in [5.74, 6) is 1.88. The van der Waals surface area contributed by atoms with E-state index in [-0.39, 0.29) is 5.56 Å². The number of nitrogens with one attached hydrogen (secondary N) is 2. The molecule has 3 aromatic heterocycles. The topological polar surface area (TPSA) is 92.9 Å². The summed E-state index contributed by atoms with van der Waals surface area (Å²) in [6.45, 7) is 0.